The van der Waals surface area contributed by atoms with E-state index in [0.717, 1.165) is 44.1 Å². The van der Waals surface area contributed by atoms with E-state index in [2.05, 4.69) is 57.5 Å². The Labute approximate surface area is 160 Å². The molecule has 2 aromatic carbocycles. The van der Waals surface area contributed by atoms with Crippen molar-refractivity contribution < 1.29 is 4.42 Å². The zero-order valence-corrected chi connectivity index (χ0v) is 15.7. The van der Waals surface area contributed by atoms with Gasteiger partial charge >= 0.3 is 0 Å². The fourth-order valence-electron chi connectivity index (χ4n) is 3.49. The molecule has 1 aromatic heterocycles. The van der Waals surface area contributed by atoms with Crippen molar-refractivity contribution in [1.29, 1.82) is 0 Å². The van der Waals surface area contributed by atoms with Gasteiger partial charge in [0.15, 0.2) is 0 Å². The number of hydrogen-bond donors (Lipinski definition) is 0. The lowest BCUT2D eigenvalue weighted by Gasteiger charge is -2.33. The van der Waals surface area contributed by atoms with Crippen molar-refractivity contribution >= 4 is 23.1 Å². The van der Waals surface area contributed by atoms with Crippen molar-refractivity contribution in [3.63, 3.8) is 0 Å². The van der Waals surface area contributed by atoms with Crippen LogP contribution in [0.3, 0.4) is 0 Å². The lowest BCUT2D eigenvalue weighted by atomic mass is 10.0. The Balaban J connectivity index is 1.33. The molecule has 138 valence electrons. The van der Waals surface area contributed by atoms with E-state index in [4.69, 9.17) is 4.42 Å². The predicted molar refractivity (Wildman–Crippen MR) is 112 cm³/mol. The van der Waals surface area contributed by atoms with E-state index in [1.807, 2.05) is 31.3 Å². The first kappa shape index (κ1) is 17.6. The maximum absolute atomic E-state index is 5.34. The smallest absolute Gasteiger partial charge is 0.126 e. The molecule has 0 amide bonds. The molecule has 1 aliphatic heterocycles. The summed E-state index contributed by atoms with van der Waals surface area (Å²) in [5, 5.41) is 9.46. The van der Waals surface area contributed by atoms with Crippen LogP contribution in [0.25, 0.3) is 16.8 Å². The van der Waals surface area contributed by atoms with E-state index in [0.29, 0.717) is 0 Å². The molecule has 1 aliphatic rings. The third-order valence-corrected chi connectivity index (χ3v) is 4.96. The number of rotatable bonds is 5. The van der Waals surface area contributed by atoms with Crippen LogP contribution in [-0.2, 0) is 6.54 Å². The van der Waals surface area contributed by atoms with Gasteiger partial charge in [-0.2, -0.15) is 5.10 Å². The Hall–Kier alpha value is -2.85. The summed E-state index contributed by atoms with van der Waals surface area (Å²) in [6, 6.07) is 19.1. The first-order chi connectivity index (χ1) is 13.3. The van der Waals surface area contributed by atoms with Gasteiger partial charge in [0.05, 0.1) is 12.5 Å². The van der Waals surface area contributed by atoms with E-state index in [1.165, 1.54) is 16.3 Å². The average molecular weight is 359 g/mol. The van der Waals surface area contributed by atoms with Gasteiger partial charge in [-0.1, -0.05) is 42.5 Å². The van der Waals surface area contributed by atoms with Crippen molar-refractivity contribution in [2.45, 2.75) is 13.5 Å². The fraction of sp³-hybridized carbons (Fsp3) is 0.261. The normalized spacial score (nSPS) is 16.5. The molecule has 0 unspecified atom stereocenters. The third kappa shape index (κ3) is 4.47. The molecular formula is C23H25N3O. The average Bonchev–Trinajstić information content (AvgIpc) is 3.21. The molecular weight excluding hydrogens is 334 g/mol. The molecule has 0 atom stereocenters. The van der Waals surface area contributed by atoms with Gasteiger partial charge in [-0.3, -0.25) is 9.91 Å². The number of benzene rings is 2. The minimum absolute atomic E-state index is 0.860. The van der Waals surface area contributed by atoms with Gasteiger partial charge in [-0.15, -0.1) is 0 Å². The number of hydrogen-bond acceptors (Lipinski definition) is 4. The van der Waals surface area contributed by atoms with Crippen LogP contribution in [0, 0.1) is 0 Å². The number of piperazine rings is 1. The van der Waals surface area contributed by atoms with Crippen LogP contribution < -0.4 is 0 Å². The van der Waals surface area contributed by atoms with Crippen LogP contribution in [0.15, 0.2) is 76.0 Å². The van der Waals surface area contributed by atoms with Crippen LogP contribution in [0.4, 0.5) is 0 Å². The summed E-state index contributed by atoms with van der Waals surface area (Å²) >= 11 is 0. The molecule has 0 spiro atoms. The Kier molecular flexibility index (Phi) is 5.35. The monoisotopic (exact) mass is 359 g/mol. The van der Waals surface area contributed by atoms with E-state index in [9.17, 15) is 0 Å². The molecule has 2 heterocycles. The summed E-state index contributed by atoms with van der Waals surface area (Å²) in [7, 11) is 0. The summed E-state index contributed by atoms with van der Waals surface area (Å²) < 4.78 is 5.34. The Morgan fingerprint density at radius 2 is 1.81 bits per heavy atom. The molecule has 0 bridgehead atoms. The van der Waals surface area contributed by atoms with E-state index in [-0.39, 0.29) is 0 Å². The van der Waals surface area contributed by atoms with Crippen molar-refractivity contribution in [2.75, 3.05) is 26.2 Å². The van der Waals surface area contributed by atoms with E-state index < -0.39 is 0 Å². The first-order valence-electron chi connectivity index (χ1n) is 9.48. The minimum atomic E-state index is 0.860. The largest absolute Gasteiger partial charge is 0.465 e. The second kappa shape index (κ2) is 8.23. The highest BCUT2D eigenvalue weighted by atomic mass is 16.3. The highest BCUT2D eigenvalue weighted by Gasteiger charge is 2.16. The number of fused-ring (bicyclic) bond motifs is 1. The molecule has 4 nitrogen and oxygen atoms in total. The Morgan fingerprint density at radius 1 is 1.00 bits per heavy atom. The molecule has 4 heteroatoms. The topological polar surface area (TPSA) is 32.0 Å². The maximum atomic E-state index is 5.34. The molecule has 0 saturated carbocycles. The van der Waals surface area contributed by atoms with Gasteiger partial charge in [0, 0.05) is 32.7 Å². The Morgan fingerprint density at radius 3 is 2.63 bits per heavy atom. The molecule has 4 rings (SSSR count). The minimum Gasteiger partial charge on any atom is -0.465 e. The molecule has 27 heavy (non-hydrogen) atoms. The number of hydrazone groups is 1. The zero-order chi connectivity index (χ0) is 18.5. The highest BCUT2D eigenvalue weighted by molar-refractivity contribution is 5.85. The van der Waals surface area contributed by atoms with Crippen molar-refractivity contribution in [3.05, 3.63) is 77.8 Å². The van der Waals surface area contributed by atoms with Gasteiger partial charge in [-0.05, 0) is 47.0 Å². The van der Waals surface area contributed by atoms with Crippen LogP contribution in [-0.4, -0.2) is 42.3 Å². The van der Waals surface area contributed by atoms with E-state index in [1.54, 1.807) is 6.26 Å². The second-order valence-corrected chi connectivity index (χ2v) is 7.02. The first-order valence-corrected chi connectivity index (χ1v) is 9.48. The van der Waals surface area contributed by atoms with Gasteiger partial charge in [0.1, 0.15) is 5.76 Å². The van der Waals surface area contributed by atoms with Crippen LogP contribution in [0.5, 0.6) is 0 Å². The SMILES string of the molecule is CC(/C=N\N1CCN(Cc2cccc3ccccc23)CC1)=C\c1ccco1. The van der Waals surface area contributed by atoms with Crippen molar-refractivity contribution in [3.8, 4) is 0 Å². The summed E-state index contributed by atoms with van der Waals surface area (Å²) in [5.74, 6) is 0.860. The molecule has 3 aromatic rings. The highest BCUT2D eigenvalue weighted by Crippen LogP contribution is 2.20. The van der Waals surface area contributed by atoms with Crippen LogP contribution >= 0.6 is 0 Å². The maximum Gasteiger partial charge on any atom is 0.126 e. The van der Waals surface area contributed by atoms with Gasteiger partial charge < -0.3 is 4.42 Å². The third-order valence-electron chi connectivity index (χ3n) is 4.96. The molecule has 0 N–H and O–H groups in total. The zero-order valence-electron chi connectivity index (χ0n) is 15.7. The second-order valence-electron chi connectivity index (χ2n) is 7.02. The summed E-state index contributed by atoms with van der Waals surface area (Å²) in [6.45, 7) is 7.01. The Bertz CT molecular complexity index is 930. The lowest BCUT2D eigenvalue weighted by Crippen LogP contribution is -2.43. The molecule has 1 fully saturated rings. The van der Waals surface area contributed by atoms with Gasteiger partial charge in [-0.25, -0.2) is 0 Å². The van der Waals surface area contributed by atoms with Gasteiger partial charge in [0.2, 0.25) is 0 Å². The summed E-state index contributed by atoms with van der Waals surface area (Å²) in [5.41, 5.74) is 2.49. The van der Waals surface area contributed by atoms with Crippen LogP contribution in [0.2, 0.25) is 0 Å². The van der Waals surface area contributed by atoms with Gasteiger partial charge in [0.25, 0.3) is 0 Å². The van der Waals surface area contributed by atoms with E-state index >= 15 is 0 Å². The molecule has 0 radical (unpaired) electrons. The number of nitrogens with zero attached hydrogens (tertiary/aromatic N) is 3. The fourth-order valence-corrected chi connectivity index (χ4v) is 3.49. The van der Waals surface area contributed by atoms with Crippen molar-refractivity contribution in [2.24, 2.45) is 5.10 Å². The summed E-state index contributed by atoms with van der Waals surface area (Å²) in [6.07, 6.45) is 5.61. The number of furan rings is 1. The van der Waals surface area contributed by atoms with Crippen LogP contribution in [0.1, 0.15) is 18.2 Å². The quantitative estimate of drug-likeness (QED) is 0.622. The molecule has 1 saturated heterocycles. The summed E-state index contributed by atoms with van der Waals surface area (Å²) in [4.78, 5) is 2.51. The predicted octanol–water partition coefficient (Wildman–Crippen LogP) is 4.64. The standard InChI is InChI=1S/C23H25N3O/c1-19(16-22-9-5-15-27-22)17-24-26-13-11-25(12-14-26)18-21-8-4-7-20-6-2-3-10-23(20)21/h2-10,15-17H,11-14,18H2,1H3/b19-16+,24-17-. The number of allylic oxidation sites excluding steroid dienone is 1. The molecule has 0 aliphatic carbocycles. The lowest BCUT2D eigenvalue weighted by molar-refractivity contribution is 0.131. The van der Waals surface area contributed by atoms with Crippen molar-refractivity contribution in [1.82, 2.24) is 9.91 Å².